The van der Waals surface area contributed by atoms with Crippen LogP contribution in [0.3, 0.4) is 0 Å². The third-order valence-corrected chi connectivity index (χ3v) is 4.75. The van der Waals surface area contributed by atoms with E-state index in [-0.39, 0.29) is 5.91 Å². The van der Waals surface area contributed by atoms with Gasteiger partial charge in [-0.15, -0.1) is 0 Å². The van der Waals surface area contributed by atoms with Crippen LogP contribution in [0.25, 0.3) is 0 Å². The first-order valence-corrected chi connectivity index (χ1v) is 8.40. The second-order valence-corrected chi connectivity index (χ2v) is 7.70. The Morgan fingerprint density at radius 2 is 1.70 bits per heavy atom. The van der Waals surface area contributed by atoms with Gasteiger partial charge in [0.2, 0.25) is 0 Å². The molecule has 0 saturated heterocycles. The van der Waals surface area contributed by atoms with E-state index in [1.54, 1.807) is 0 Å². The molecule has 1 aliphatic carbocycles. The molecular formula is C19H29N3O. The number of hydrogen-bond donors (Lipinski definition) is 1. The number of nitrogens with zero attached hydrogens (tertiary/aromatic N) is 2. The first-order chi connectivity index (χ1) is 10.8. The molecule has 0 aromatic heterocycles. The molecule has 1 saturated carbocycles. The van der Waals surface area contributed by atoms with Crippen LogP contribution in [0.1, 0.15) is 56.8 Å². The van der Waals surface area contributed by atoms with E-state index in [0.717, 1.165) is 43.0 Å². The highest BCUT2D eigenvalue weighted by atomic mass is 16.2. The van der Waals surface area contributed by atoms with Crippen molar-refractivity contribution in [3.8, 4) is 0 Å². The topological polar surface area (TPSA) is 44.7 Å². The minimum absolute atomic E-state index is 0.138. The number of nitrogens with one attached hydrogen (secondary N) is 1. The molecule has 1 fully saturated rings. The predicted molar refractivity (Wildman–Crippen MR) is 97.1 cm³/mol. The molecule has 0 radical (unpaired) electrons. The third kappa shape index (κ3) is 4.81. The van der Waals surface area contributed by atoms with Crippen molar-refractivity contribution < 1.29 is 4.79 Å². The van der Waals surface area contributed by atoms with Gasteiger partial charge in [-0.2, -0.15) is 5.10 Å². The van der Waals surface area contributed by atoms with E-state index >= 15 is 0 Å². The maximum atomic E-state index is 12.2. The Bertz CT molecular complexity index is 557. The highest BCUT2D eigenvalue weighted by Crippen LogP contribution is 2.36. The van der Waals surface area contributed by atoms with E-state index < -0.39 is 0 Å². The molecule has 4 heteroatoms. The molecular weight excluding hydrogens is 286 g/mol. The van der Waals surface area contributed by atoms with Crippen molar-refractivity contribution in [2.75, 3.05) is 19.0 Å². The Hall–Kier alpha value is -1.84. The normalized spacial score (nSPS) is 18.5. The molecule has 1 aromatic carbocycles. The first-order valence-electron chi connectivity index (χ1n) is 8.40. The fourth-order valence-electron chi connectivity index (χ4n) is 3.03. The van der Waals surface area contributed by atoms with Gasteiger partial charge < -0.3 is 4.90 Å². The van der Waals surface area contributed by atoms with Crippen LogP contribution in [-0.4, -0.2) is 25.7 Å². The summed E-state index contributed by atoms with van der Waals surface area (Å²) in [5, 5.41) is 4.34. The third-order valence-electron chi connectivity index (χ3n) is 4.75. The number of rotatable bonds is 3. The zero-order chi connectivity index (χ0) is 17.0. The summed E-state index contributed by atoms with van der Waals surface area (Å²) in [4.78, 5) is 14.2. The Morgan fingerprint density at radius 1 is 1.13 bits per heavy atom. The van der Waals surface area contributed by atoms with Gasteiger partial charge in [-0.3, -0.25) is 4.79 Å². The number of amides is 1. The van der Waals surface area contributed by atoms with E-state index in [2.05, 4.69) is 31.3 Å². The summed E-state index contributed by atoms with van der Waals surface area (Å²) in [5.41, 5.74) is 5.90. The van der Waals surface area contributed by atoms with Crippen LogP contribution in [0.5, 0.6) is 0 Å². The number of anilines is 1. The van der Waals surface area contributed by atoms with Gasteiger partial charge in [0.05, 0.1) is 0 Å². The van der Waals surface area contributed by atoms with Crippen molar-refractivity contribution >= 4 is 17.3 Å². The molecule has 23 heavy (non-hydrogen) atoms. The quantitative estimate of drug-likeness (QED) is 0.854. The number of hydrogen-bond acceptors (Lipinski definition) is 3. The lowest BCUT2D eigenvalue weighted by Crippen LogP contribution is -2.27. The summed E-state index contributed by atoms with van der Waals surface area (Å²) in [5.74, 6) is 0.608. The van der Waals surface area contributed by atoms with Crippen molar-refractivity contribution in [2.45, 2.75) is 46.5 Å². The van der Waals surface area contributed by atoms with Crippen LogP contribution >= 0.6 is 0 Å². The lowest BCUT2D eigenvalue weighted by Gasteiger charge is -2.34. The van der Waals surface area contributed by atoms with Gasteiger partial charge in [-0.1, -0.05) is 20.8 Å². The minimum Gasteiger partial charge on any atom is -0.378 e. The summed E-state index contributed by atoms with van der Waals surface area (Å²) < 4.78 is 0. The van der Waals surface area contributed by atoms with Gasteiger partial charge in [-0.05, 0) is 61.3 Å². The van der Waals surface area contributed by atoms with E-state index in [1.807, 2.05) is 43.3 Å². The molecule has 0 heterocycles. The fourth-order valence-corrected chi connectivity index (χ4v) is 3.03. The average molecular weight is 315 g/mol. The van der Waals surface area contributed by atoms with Gasteiger partial charge in [0.25, 0.3) is 5.91 Å². The van der Waals surface area contributed by atoms with Crippen LogP contribution in [0.4, 0.5) is 5.69 Å². The van der Waals surface area contributed by atoms with Crippen molar-refractivity contribution in [1.82, 2.24) is 5.43 Å². The van der Waals surface area contributed by atoms with Gasteiger partial charge >= 0.3 is 0 Å². The second-order valence-electron chi connectivity index (χ2n) is 7.70. The molecule has 1 N–H and O–H groups in total. The zero-order valence-corrected chi connectivity index (χ0v) is 15.0. The summed E-state index contributed by atoms with van der Waals surface area (Å²) in [6.07, 6.45) is 4.30. The molecule has 0 atom stereocenters. The molecule has 4 nitrogen and oxygen atoms in total. The predicted octanol–water partition coefficient (Wildman–Crippen LogP) is 4.07. The molecule has 1 aromatic rings. The molecule has 0 spiro atoms. The highest BCUT2D eigenvalue weighted by Gasteiger charge is 2.28. The lowest BCUT2D eigenvalue weighted by molar-refractivity contribution is 0.0954. The zero-order valence-electron chi connectivity index (χ0n) is 15.0. The molecule has 1 amide bonds. The van der Waals surface area contributed by atoms with Crippen LogP contribution in [0.2, 0.25) is 0 Å². The fraction of sp³-hybridized carbons (Fsp3) is 0.579. The van der Waals surface area contributed by atoms with Crippen LogP contribution in [0.15, 0.2) is 29.4 Å². The van der Waals surface area contributed by atoms with Gasteiger partial charge in [0, 0.05) is 31.1 Å². The number of hydrazone groups is 1. The van der Waals surface area contributed by atoms with Crippen LogP contribution < -0.4 is 10.3 Å². The maximum absolute atomic E-state index is 12.2. The summed E-state index contributed by atoms with van der Waals surface area (Å²) in [6, 6.07) is 7.55. The van der Waals surface area contributed by atoms with Crippen molar-refractivity contribution in [3.63, 3.8) is 0 Å². The summed E-state index contributed by atoms with van der Waals surface area (Å²) in [7, 11) is 3.96. The van der Waals surface area contributed by atoms with Gasteiger partial charge in [0.1, 0.15) is 0 Å². The van der Waals surface area contributed by atoms with Gasteiger partial charge in [-0.25, -0.2) is 5.43 Å². The second kappa shape index (κ2) is 7.16. The Kier molecular flexibility index (Phi) is 5.45. The Labute approximate surface area is 140 Å². The van der Waals surface area contributed by atoms with Crippen molar-refractivity contribution in [3.05, 3.63) is 29.8 Å². The molecule has 0 bridgehead atoms. The monoisotopic (exact) mass is 315 g/mol. The highest BCUT2D eigenvalue weighted by molar-refractivity contribution is 5.95. The molecule has 0 aliphatic heterocycles. The summed E-state index contributed by atoms with van der Waals surface area (Å²) in [6.45, 7) is 6.91. The van der Waals surface area contributed by atoms with Crippen LogP contribution in [0, 0.1) is 11.3 Å². The molecule has 0 unspecified atom stereocenters. The number of carbonyl (C=O) groups is 1. The van der Waals surface area contributed by atoms with Crippen LogP contribution in [-0.2, 0) is 0 Å². The van der Waals surface area contributed by atoms with Crippen molar-refractivity contribution in [2.24, 2.45) is 16.4 Å². The smallest absolute Gasteiger partial charge is 0.271 e. The minimum atomic E-state index is -0.138. The van der Waals surface area contributed by atoms with E-state index in [1.165, 1.54) is 0 Å². The SMILES string of the molecule is CN(C)c1ccc(C(=O)NN=C2CCC(C(C)(C)C)CC2)cc1. The average Bonchev–Trinajstić information content (AvgIpc) is 2.52. The standard InChI is InChI=1S/C19H29N3O/c1-19(2,3)15-8-10-16(11-9-15)20-21-18(23)14-6-12-17(13-7-14)22(4)5/h6-7,12-13,15H,8-11H2,1-5H3,(H,21,23). The molecule has 1 aliphatic rings. The number of benzene rings is 1. The number of carbonyl (C=O) groups excluding carboxylic acids is 1. The van der Waals surface area contributed by atoms with E-state index in [4.69, 9.17) is 0 Å². The first kappa shape index (κ1) is 17.5. The van der Waals surface area contributed by atoms with E-state index in [0.29, 0.717) is 11.0 Å². The van der Waals surface area contributed by atoms with E-state index in [9.17, 15) is 4.79 Å². The molecule has 126 valence electrons. The lowest BCUT2D eigenvalue weighted by atomic mass is 9.72. The Balaban J connectivity index is 1.89. The maximum Gasteiger partial charge on any atom is 0.271 e. The summed E-state index contributed by atoms with van der Waals surface area (Å²) >= 11 is 0. The largest absolute Gasteiger partial charge is 0.378 e. The Morgan fingerprint density at radius 3 is 2.17 bits per heavy atom. The van der Waals surface area contributed by atoms with Gasteiger partial charge in [0.15, 0.2) is 0 Å². The molecule has 2 rings (SSSR count). The van der Waals surface area contributed by atoms with Crippen molar-refractivity contribution in [1.29, 1.82) is 0 Å².